The first-order chi connectivity index (χ1) is 20.8. The number of methoxy groups -OCH3 is 1. The molecule has 0 aliphatic heterocycles. The molecule has 2 heteroatoms. The van der Waals surface area contributed by atoms with Crippen molar-refractivity contribution in [2.75, 3.05) is 7.11 Å². The summed E-state index contributed by atoms with van der Waals surface area (Å²) in [5.41, 5.74) is 5.12. The zero-order chi connectivity index (χ0) is 28.3. The highest BCUT2D eigenvalue weighted by atomic mass is 31.1. The average Bonchev–Trinajstić information content (AvgIpc) is 3.06. The fourth-order valence-electron chi connectivity index (χ4n) is 6.10. The van der Waals surface area contributed by atoms with Gasteiger partial charge >= 0.3 is 0 Å². The first-order valence-electron chi connectivity index (χ1n) is 14.4. The van der Waals surface area contributed by atoms with Crippen LogP contribution in [0.15, 0.2) is 158 Å². The van der Waals surface area contributed by atoms with Gasteiger partial charge in [0.2, 0.25) is 0 Å². The van der Waals surface area contributed by atoms with Gasteiger partial charge in [-0.3, -0.25) is 0 Å². The van der Waals surface area contributed by atoms with E-state index in [0.717, 1.165) is 12.2 Å². The number of hydrogen-bond acceptors (Lipinski definition) is 1. The zero-order valence-corrected chi connectivity index (χ0v) is 24.5. The molecule has 0 saturated carbocycles. The van der Waals surface area contributed by atoms with Gasteiger partial charge in [0.25, 0.3) is 0 Å². The van der Waals surface area contributed by atoms with Crippen molar-refractivity contribution in [1.29, 1.82) is 0 Å². The maximum absolute atomic E-state index is 5.80. The molecule has 0 spiro atoms. The Morgan fingerprint density at radius 1 is 0.452 bits per heavy atom. The number of rotatable bonds is 7. The van der Waals surface area contributed by atoms with Gasteiger partial charge in [-0.1, -0.05) is 152 Å². The van der Waals surface area contributed by atoms with Crippen LogP contribution in [0, 0.1) is 0 Å². The van der Waals surface area contributed by atoms with Gasteiger partial charge in [-0.15, -0.1) is 0 Å². The van der Waals surface area contributed by atoms with E-state index < -0.39 is 7.92 Å². The fraction of sp³-hybridized carbons (Fsp3) is 0.0500. The van der Waals surface area contributed by atoms with E-state index in [0.29, 0.717) is 0 Å². The van der Waals surface area contributed by atoms with E-state index >= 15 is 0 Å². The van der Waals surface area contributed by atoms with Crippen molar-refractivity contribution in [3.05, 3.63) is 169 Å². The Morgan fingerprint density at radius 3 is 1.62 bits per heavy atom. The molecule has 0 amide bonds. The Balaban J connectivity index is 1.59. The van der Waals surface area contributed by atoms with Crippen molar-refractivity contribution in [3.63, 3.8) is 0 Å². The van der Waals surface area contributed by atoms with E-state index in [9.17, 15) is 0 Å². The fourth-order valence-corrected chi connectivity index (χ4v) is 8.58. The Labute approximate surface area is 248 Å². The van der Waals surface area contributed by atoms with Crippen LogP contribution in [-0.4, -0.2) is 7.11 Å². The largest absolute Gasteiger partial charge is 0.496 e. The lowest BCUT2D eigenvalue weighted by atomic mass is 9.87. The van der Waals surface area contributed by atoms with Crippen molar-refractivity contribution >= 4 is 45.4 Å². The smallest absolute Gasteiger partial charge is 0.122 e. The normalized spacial score (nSPS) is 11.3. The van der Waals surface area contributed by atoms with E-state index in [1.54, 1.807) is 7.11 Å². The van der Waals surface area contributed by atoms with Gasteiger partial charge in [-0.05, 0) is 73.7 Å². The van der Waals surface area contributed by atoms with Crippen LogP contribution in [0.3, 0.4) is 0 Å². The van der Waals surface area contributed by atoms with E-state index in [2.05, 4.69) is 152 Å². The molecule has 0 saturated heterocycles. The van der Waals surface area contributed by atoms with Gasteiger partial charge in [-0.2, -0.15) is 0 Å². The standard InChI is InChI=1S/C40H31OP/c1-41-37-23-13-10-16-31(37)28-32-25-24-29-14-8-11-21-35(29)39(32)40-36-22-12-9-15-30(36)26-27-38(40)42(33-17-4-2-5-18-33)34-19-6-3-7-20-34/h2-27H,28H2,1H3. The number of ether oxygens (including phenoxy) is 1. The molecule has 7 aromatic carbocycles. The van der Waals surface area contributed by atoms with Crippen molar-refractivity contribution < 1.29 is 4.74 Å². The van der Waals surface area contributed by atoms with Crippen LogP contribution in [0.25, 0.3) is 32.7 Å². The van der Waals surface area contributed by atoms with Crippen LogP contribution in [0.1, 0.15) is 11.1 Å². The van der Waals surface area contributed by atoms with E-state index in [4.69, 9.17) is 4.74 Å². The van der Waals surface area contributed by atoms with Crippen LogP contribution < -0.4 is 20.7 Å². The molecule has 0 aromatic heterocycles. The quantitative estimate of drug-likeness (QED) is 0.177. The summed E-state index contributed by atoms with van der Waals surface area (Å²) in [5.74, 6) is 0.922. The Hall–Kier alpha value is -4.71. The van der Waals surface area contributed by atoms with Gasteiger partial charge in [0.15, 0.2) is 0 Å². The third-order valence-corrected chi connectivity index (χ3v) is 10.5. The van der Waals surface area contributed by atoms with Gasteiger partial charge in [-0.25, -0.2) is 0 Å². The summed E-state index contributed by atoms with van der Waals surface area (Å²) in [6.07, 6.45) is 0.779. The number of benzene rings is 7. The molecule has 0 radical (unpaired) electrons. The summed E-state index contributed by atoms with van der Waals surface area (Å²) in [4.78, 5) is 0. The highest BCUT2D eigenvalue weighted by molar-refractivity contribution is 7.80. The average molecular weight is 559 g/mol. The lowest BCUT2D eigenvalue weighted by molar-refractivity contribution is 0.410. The Bertz CT molecular complexity index is 1960. The molecule has 7 rings (SSSR count). The molecule has 0 bridgehead atoms. The Kier molecular flexibility index (Phi) is 7.27. The minimum Gasteiger partial charge on any atom is -0.496 e. The van der Waals surface area contributed by atoms with E-state index in [-0.39, 0.29) is 0 Å². The molecule has 0 aliphatic rings. The van der Waals surface area contributed by atoms with Crippen molar-refractivity contribution in [1.82, 2.24) is 0 Å². The number of para-hydroxylation sites is 1. The van der Waals surface area contributed by atoms with Crippen molar-refractivity contribution in [2.45, 2.75) is 6.42 Å². The summed E-state index contributed by atoms with van der Waals surface area (Å²) in [7, 11) is 0.935. The molecule has 7 aromatic rings. The van der Waals surface area contributed by atoms with Crippen LogP contribution in [-0.2, 0) is 6.42 Å². The molecule has 202 valence electrons. The third-order valence-electron chi connectivity index (χ3n) is 8.02. The first kappa shape index (κ1) is 26.2. The second-order valence-electron chi connectivity index (χ2n) is 10.5. The minimum atomic E-state index is -0.825. The summed E-state index contributed by atoms with van der Waals surface area (Å²) in [6.45, 7) is 0. The second kappa shape index (κ2) is 11.6. The lowest BCUT2D eigenvalue weighted by Crippen LogP contribution is -2.22. The van der Waals surface area contributed by atoms with Gasteiger partial charge < -0.3 is 4.74 Å². The highest BCUT2D eigenvalue weighted by Crippen LogP contribution is 2.44. The number of fused-ring (bicyclic) bond motifs is 2. The van der Waals surface area contributed by atoms with E-state index in [1.807, 2.05) is 6.07 Å². The molecular formula is C40H31OP. The number of hydrogen-bond donors (Lipinski definition) is 0. The minimum absolute atomic E-state index is 0.779. The molecule has 42 heavy (non-hydrogen) atoms. The van der Waals surface area contributed by atoms with Crippen molar-refractivity contribution in [2.24, 2.45) is 0 Å². The molecule has 0 N–H and O–H groups in total. The molecule has 0 fully saturated rings. The van der Waals surface area contributed by atoms with Crippen LogP contribution in [0.5, 0.6) is 5.75 Å². The highest BCUT2D eigenvalue weighted by Gasteiger charge is 2.24. The van der Waals surface area contributed by atoms with Crippen LogP contribution in [0.4, 0.5) is 0 Å². The molecule has 0 heterocycles. The summed E-state index contributed by atoms with van der Waals surface area (Å²) >= 11 is 0. The first-order valence-corrected chi connectivity index (χ1v) is 15.7. The predicted octanol–water partition coefficient (Wildman–Crippen LogP) is 9.02. The maximum Gasteiger partial charge on any atom is 0.122 e. The van der Waals surface area contributed by atoms with Gasteiger partial charge in [0.05, 0.1) is 7.11 Å². The molecule has 0 aliphatic carbocycles. The third kappa shape index (κ3) is 4.87. The van der Waals surface area contributed by atoms with E-state index in [1.165, 1.54) is 59.7 Å². The Morgan fingerprint density at radius 2 is 0.976 bits per heavy atom. The van der Waals surface area contributed by atoms with Gasteiger partial charge in [0.1, 0.15) is 5.75 Å². The molecule has 1 nitrogen and oxygen atoms in total. The SMILES string of the molecule is COc1ccccc1Cc1ccc2ccccc2c1-c1c(P(c2ccccc2)c2ccccc2)ccc2ccccc12. The van der Waals surface area contributed by atoms with Crippen LogP contribution >= 0.6 is 7.92 Å². The molecule has 0 unspecified atom stereocenters. The van der Waals surface area contributed by atoms with Gasteiger partial charge in [0, 0.05) is 6.42 Å². The predicted molar refractivity (Wildman–Crippen MR) is 181 cm³/mol. The van der Waals surface area contributed by atoms with Crippen LogP contribution in [0.2, 0.25) is 0 Å². The second-order valence-corrected chi connectivity index (χ2v) is 12.7. The maximum atomic E-state index is 5.80. The lowest BCUT2D eigenvalue weighted by Gasteiger charge is -2.26. The monoisotopic (exact) mass is 558 g/mol. The topological polar surface area (TPSA) is 9.23 Å². The zero-order valence-electron chi connectivity index (χ0n) is 23.6. The summed E-state index contributed by atoms with van der Waals surface area (Å²) in [6, 6.07) is 57.4. The molecule has 0 atom stereocenters. The molecular weight excluding hydrogens is 527 g/mol. The van der Waals surface area contributed by atoms with Crippen molar-refractivity contribution in [3.8, 4) is 16.9 Å². The summed E-state index contributed by atoms with van der Waals surface area (Å²) < 4.78 is 5.80. The summed E-state index contributed by atoms with van der Waals surface area (Å²) in [5, 5.41) is 9.13.